The summed E-state index contributed by atoms with van der Waals surface area (Å²) in [5, 5.41) is 7.01. The van der Waals surface area contributed by atoms with E-state index in [9.17, 15) is 13.2 Å². The van der Waals surface area contributed by atoms with Crippen molar-refractivity contribution in [2.75, 3.05) is 18.4 Å². The predicted molar refractivity (Wildman–Crippen MR) is 115 cm³/mol. The van der Waals surface area contributed by atoms with Crippen LogP contribution in [0.4, 0.5) is 5.69 Å². The molecule has 2 aromatic carbocycles. The number of rotatable bonds is 5. The molecule has 0 bridgehead atoms. The van der Waals surface area contributed by atoms with Gasteiger partial charge >= 0.3 is 0 Å². The second kappa shape index (κ2) is 8.41. The molecule has 0 aliphatic carbocycles. The van der Waals surface area contributed by atoms with Gasteiger partial charge in [0.25, 0.3) is 5.91 Å². The molecule has 1 aliphatic heterocycles. The van der Waals surface area contributed by atoms with Gasteiger partial charge in [0.15, 0.2) is 0 Å². The number of hydrogen-bond acceptors (Lipinski definition) is 4. The molecule has 1 aromatic heterocycles. The fraction of sp³-hybridized carbons (Fsp3) is 0.273. The highest BCUT2D eigenvalue weighted by atomic mass is 32.2. The molecule has 0 atom stereocenters. The number of nitrogens with zero attached hydrogens (tertiary/aromatic N) is 3. The van der Waals surface area contributed by atoms with E-state index in [0.717, 1.165) is 18.5 Å². The number of carbonyl (C=O) groups is 1. The highest BCUT2D eigenvalue weighted by Crippen LogP contribution is 2.24. The SMILES string of the molecule is CC1CCN(S(=O)(=O)c2ccc(NC(=O)c3cnn(-c4ccccc4)c3)cc2)CC1. The number of amides is 1. The van der Waals surface area contributed by atoms with Crippen molar-refractivity contribution >= 4 is 21.6 Å². The lowest BCUT2D eigenvalue weighted by Gasteiger charge is -2.29. The summed E-state index contributed by atoms with van der Waals surface area (Å²) in [5.74, 6) is 0.248. The second-order valence-electron chi connectivity index (χ2n) is 7.57. The first kappa shape index (κ1) is 20.3. The summed E-state index contributed by atoms with van der Waals surface area (Å²) in [5.41, 5.74) is 1.80. The van der Waals surface area contributed by atoms with Gasteiger partial charge in [0, 0.05) is 25.0 Å². The van der Waals surface area contributed by atoms with E-state index < -0.39 is 10.0 Å². The molecule has 1 saturated heterocycles. The van der Waals surface area contributed by atoms with Crippen LogP contribution in [0.25, 0.3) is 5.69 Å². The standard InChI is InChI=1S/C22H24N4O3S/c1-17-11-13-25(14-12-17)30(28,29)21-9-7-19(8-10-21)24-22(27)18-15-23-26(16-18)20-5-3-2-4-6-20/h2-10,15-17H,11-14H2,1H3,(H,24,27). The molecule has 1 aliphatic rings. The van der Waals surface area contributed by atoms with Gasteiger partial charge in [0.1, 0.15) is 0 Å². The molecule has 7 nitrogen and oxygen atoms in total. The zero-order chi connectivity index (χ0) is 21.1. The van der Waals surface area contributed by atoms with Crippen LogP contribution in [0.1, 0.15) is 30.1 Å². The van der Waals surface area contributed by atoms with E-state index in [1.807, 2.05) is 30.3 Å². The fourth-order valence-electron chi connectivity index (χ4n) is 3.45. The Bertz CT molecular complexity index is 1120. The molecular formula is C22H24N4O3S. The number of anilines is 1. The molecule has 156 valence electrons. The minimum Gasteiger partial charge on any atom is -0.322 e. The predicted octanol–water partition coefficient (Wildman–Crippen LogP) is 3.55. The van der Waals surface area contributed by atoms with Gasteiger partial charge in [-0.3, -0.25) is 4.79 Å². The number of benzene rings is 2. The quantitative estimate of drug-likeness (QED) is 0.679. The number of sulfonamides is 1. The monoisotopic (exact) mass is 424 g/mol. The maximum absolute atomic E-state index is 12.8. The minimum atomic E-state index is -3.50. The van der Waals surface area contributed by atoms with Crippen molar-refractivity contribution in [1.29, 1.82) is 0 Å². The Hall–Kier alpha value is -2.97. The van der Waals surface area contributed by atoms with Crippen LogP contribution < -0.4 is 5.32 Å². The summed E-state index contributed by atoms with van der Waals surface area (Å²) >= 11 is 0. The Morgan fingerprint density at radius 2 is 1.70 bits per heavy atom. The first-order valence-corrected chi connectivity index (χ1v) is 11.4. The van der Waals surface area contributed by atoms with E-state index in [1.54, 1.807) is 27.3 Å². The van der Waals surface area contributed by atoms with E-state index >= 15 is 0 Å². The molecule has 0 spiro atoms. The maximum atomic E-state index is 12.8. The normalized spacial score (nSPS) is 15.8. The van der Waals surface area contributed by atoms with Crippen LogP contribution in [-0.4, -0.2) is 41.5 Å². The summed E-state index contributed by atoms with van der Waals surface area (Å²) in [6.45, 7) is 3.24. The Morgan fingerprint density at radius 1 is 1.03 bits per heavy atom. The number of aromatic nitrogens is 2. The third kappa shape index (κ3) is 4.29. The molecule has 4 rings (SSSR count). The van der Waals surface area contributed by atoms with Crippen LogP contribution in [0, 0.1) is 5.92 Å². The van der Waals surface area contributed by atoms with E-state index in [-0.39, 0.29) is 10.8 Å². The average molecular weight is 425 g/mol. The van der Waals surface area contributed by atoms with Gasteiger partial charge in [-0.1, -0.05) is 25.1 Å². The Labute approximate surface area is 176 Å². The van der Waals surface area contributed by atoms with Gasteiger partial charge in [-0.05, 0) is 55.2 Å². The minimum absolute atomic E-state index is 0.243. The van der Waals surface area contributed by atoms with Crippen LogP contribution in [0.2, 0.25) is 0 Å². The molecule has 3 aromatic rings. The second-order valence-corrected chi connectivity index (χ2v) is 9.51. The molecule has 30 heavy (non-hydrogen) atoms. The molecule has 0 radical (unpaired) electrons. The van der Waals surface area contributed by atoms with E-state index in [2.05, 4.69) is 17.3 Å². The molecule has 0 unspecified atom stereocenters. The van der Waals surface area contributed by atoms with Gasteiger partial charge in [0.05, 0.1) is 22.3 Å². The summed E-state index contributed by atoms with van der Waals surface area (Å²) in [6.07, 6.45) is 4.91. The van der Waals surface area contributed by atoms with Crippen molar-refractivity contribution in [2.24, 2.45) is 5.92 Å². The van der Waals surface area contributed by atoms with Gasteiger partial charge in [-0.2, -0.15) is 9.40 Å². The number of nitrogens with one attached hydrogen (secondary N) is 1. The molecule has 8 heteroatoms. The fourth-order valence-corrected chi connectivity index (χ4v) is 4.92. The molecule has 2 heterocycles. The number of piperidine rings is 1. The lowest BCUT2D eigenvalue weighted by atomic mass is 10.0. The number of para-hydroxylation sites is 1. The number of hydrogen-bond donors (Lipinski definition) is 1. The van der Waals surface area contributed by atoms with Crippen molar-refractivity contribution in [3.63, 3.8) is 0 Å². The van der Waals surface area contributed by atoms with Crippen LogP contribution in [0.3, 0.4) is 0 Å². The lowest BCUT2D eigenvalue weighted by molar-refractivity contribution is 0.102. The van der Waals surface area contributed by atoms with E-state index in [0.29, 0.717) is 30.3 Å². The third-order valence-corrected chi connectivity index (χ3v) is 7.27. The van der Waals surface area contributed by atoms with Crippen molar-refractivity contribution < 1.29 is 13.2 Å². The summed E-state index contributed by atoms with van der Waals surface area (Å²) in [6, 6.07) is 15.8. The molecule has 0 saturated carbocycles. The van der Waals surface area contributed by atoms with Gasteiger partial charge in [-0.15, -0.1) is 0 Å². The lowest BCUT2D eigenvalue weighted by Crippen LogP contribution is -2.37. The Morgan fingerprint density at radius 3 is 2.37 bits per heavy atom. The maximum Gasteiger partial charge on any atom is 0.258 e. The zero-order valence-electron chi connectivity index (χ0n) is 16.7. The largest absolute Gasteiger partial charge is 0.322 e. The Kier molecular flexibility index (Phi) is 5.69. The van der Waals surface area contributed by atoms with Gasteiger partial charge in [-0.25, -0.2) is 13.1 Å². The summed E-state index contributed by atoms with van der Waals surface area (Å²) < 4.78 is 28.8. The first-order valence-electron chi connectivity index (χ1n) is 9.95. The molecule has 1 fully saturated rings. The van der Waals surface area contributed by atoms with Gasteiger partial charge in [0.2, 0.25) is 10.0 Å². The van der Waals surface area contributed by atoms with Crippen molar-refractivity contribution in [2.45, 2.75) is 24.7 Å². The van der Waals surface area contributed by atoms with Crippen LogP contribution >= 0.6 is 0 Å². The average Bonchev–Trinajstić information content (AvgIpc) is 3.26. The summed E-state index contributed by atoms with van der Waals surface area (Å²) in [4.78, 5) is 12.8. The topological polar surface area (TPSA) is 84.3 Å². The molecule has 1 N–H and O–H groups in total. The van der Waals surface area contributed by atoms with E-state index in [4.69, 9.17) is 0 Å². The molecular weight excluding hydrogens is 400 g/mol. The van der Waals surface area contributed by atoms with Crippen LogP contribution in [0.15, 0.2) is 71.9 Å². The Balaban J connectivity index is 1.43. The van der Waals surface area contributed by atoms with E-state index in [1.165, 1.54) is 18.3 Å². The smallest absolute Gasteiger partial charge is 0.258 e. The zero-order valence-corrected chi connectivity index (χ0v) is 17.5. The first-order chi connectivity index (χ1) is 14.4. The summed E-state index contributed by atoms with van der Waals surface area (Å²) in [7, 11) is -3.50. The van der Waals surface area contributed by atoms with Crippen molar-refractivity contribution in [3.05, 3.63) is 72.6 Å². The third-order valence-electron chi connectivity index (χ3n) is 5.36. The van der Waals surface area contributed by atoms with Crippen molar-refractivity contribution in [3.8, 4) is 5.69 Å². The van der Waals surface area contributed by atoms with Crippen LogP contribution in [0.5, 0.6) is 0 Å². The van der Waals surface area contributed by atoms with Gasteiger partial charge < -0.3 is 5.32 Å². The van der Waals surface area contributed by atoms with Crippen LogP contribution in [-0.2, 0) is 10.0 Å². The highest BCUT2D eigenvalue weighted by Gasteiger charge is 2.27. The highest BCUT2D eigenvalue weighted by molar-refractivity contribution is 7.89. The van der Waals surface area contributed by atoms with Crippen molar-refractivity contribution in [1.82, 2.24) is 14.1 Å². The molecule has 1 amide bonds. The number of carbonyl (C=O) groups excluding carboxylic acids is 1.